The van der Waals surface area contributed by atoms with Gasteiger partial charge < -0.3 is 9.47 Å². The molecule has 4 nitrogen and oxygen atoms in total. The fourth-order valence-electron chi connectivity index (χ4n) is 3.18. The molecule has 0 atom stereocenters. The Labute approximate surface area is 142 Å². The van der Waals surface area contributed by atoms with E-state index in [0.29, 0.717) is 0 Å². The van der Waals surface area contributed by atoms with E-state index < -0.39 is 0 Å². The van der Waals surface area contributed by atoms with Gasteiger partial charge in [0.2, 0.25) is 0 Å². The van der Waals surface area contributed by atoms with Crippen molar-refractivity contribution in [3.8, 4) is 11.5 Å². The first-order valence-electron chi connectivity index (χ1n) is 7.99. The Morgan fingerprint density at radius 3 is 2.04 bits per heavy atom. The molecule has 1 aromatic heterocycles. The van der Waals surface area contributed by atoms with E-state index in [0.717, 1.165) is 49.0 Å². The zero-order valence-corrected chi connectivity index (χ0v) is 15.1. The van der Waals surface area contributed by atoms with Crippen molar-refractivity contribution in [1.82, 2.24) is 9.88 Å². The lowest BCUT2D eigenvalue weighted by Gasteiger charge is -2.18. The number of aromatic nitrogens is 1. The predicted octanol–water partition coefficient (Wildman–Crippen LogP) is 3.38. The summed E-state index contributed by atoms with van der Waals surface area (Å²) >= 11 is 1.82. The van der Waals surface area contributed by atoms with E-state index in [1.165, 1.54) is 21.7 Å². The summed E-state index contributed by atoms with van der Waals surface area (Å²) in [5.74, 6) is 1.65. The molecule has 1 aromatic carbocycles. The third kappa shape index (κ3) is 3.51. The molecule has 5 heteroatoms. The molecule has 0 N–H and O–H groups in total. The van der Waals surface area contributed by atoms with Crippen LogP contribution >= 0.6 is 11.3 Å². The minimum Gasteiger partial charge on any atom is -0.493 e. The second-order valence-corrected chi connectivity index (χ2v) is 7.28. The largest absolute Gasteiger partial charge is 0.493 e. The highest BCUT2D eigenvalue weighted by Gasteiger charge is 2.18. The number of benzene rings is 1. The lowest BCUT2D eigenvalue weighted by atomic mass is 10.0. The lowest BCUT2D eigenvalue weighted by molar-refractivity contribution is 0.281. The molecule has 0 saturated carbocycles. The number of hydrogen-bond donors (Lipinski definition) is 0. The molecule has 2 aromatic rings. The Morgan fingerprint density at radius 2 is 1.61 bits per heavy atom. The van der Waals surface area contributed by atoms with Crippen molar-refractivity contribution in [2.45, 2.75) is 33.2 Å². The maximum Gasteiger partial charge on any atom is 0.161 e. The Bertz CT molecular complexity index is 662. The van der Waals surface area contributed by atoms with E-state index in [2.05, 4.69) is 35.9 Å². The van der Waals surface area contributed by atoms with Crippen LogP contribution in [0.3, 0.4) is 0 Å². The second kappa shape index (κ2) is 6.89. The number of methoxy groups -OCH3 is 2. The minimum absolute atomic E-state index is 0.827. The summed E-state index contributed by atoms with van der Waals surface area (Å²) in [7, 11) is 3.39. The highest BCUT2D eigenvalue weighted by molar-refractivity contribution is 7.11. The van der Waals surface area contributed by atoms with Crippen LogP contribution in [-0.2, 0) is 19.4 Å². The minimum atomic E-state index is 0.827. The van der Waals surface area contributed by atoms with Crippen LogP contribution in [0.5, 0.6) is 11.5 Å². The molecule has 0 saturated heterocycles. The van der Waals surface area contributed by atoms with Crippen molar-refractivity contribution in [2.24, 2.45) is 0 Å². The van der Waals surface area contributed by atoms with Crippen molar-refractivity contribution < 1.29 is 9.47 Å². The Kier molecular flexibility index (Phi) is 4.87. The van der Waals surface area contributed by atoms with Gasteiger partial charge in [-0.25, -0.2) is 4.98 Å². The normalized spacial score (nSPS) is 15.1. The van der Waals surface area contributed by atoms with Crippen molar-refractivity contribution in [2.75, 3.05) is 27.3 Å². The zero-order valence-electron chi connectivity index (χ0n) is 14.3. The van der Waals surface area contributed by atoms with E-state index in [-0.39, 0.29) is 0 Å². The molecule has 23 heavy (non-hydrogen) atoms. The number of fused-ring (bicyclic) bond motifs is 1. The number of nitrogens with zero attached hydrogens (tertiary/aromatic N) is 2. The second-order valence-electron chi connectivity index (χ2n) is 5.99. The van der Waals surface area contributed by atoms with E-state index in [1.807, 2.05) is 11.3 Å². The molecule has 1 aliphatic heterocycles. The predicted molar refractivity (Wildman–Crippen MR) is 93.8 cm³/mol. The van der Waals surface area contributed by atoms with Gasteiger partial charge in [-0.2, -0.15) is 0 Å². The summed E-state index contributed by atoms with van der Waals surface area (Å²) in [5.41, 5.74) is 3.93. The van der Waals surface area contributed by atoms with Crippen LogP contribution < -0.4 is 9.47 Å². The van der Waals surface area contributed by atoms with Gasteiger partial charge in [-0.15, -0.1) is 11.3 Å². The Morgan fingerprint density at radius 1 is 1.04 bits per heavy atom. The van der Waals surface area contributed by atoms with E-state index in [1.54, 1.807) is 14.2 Å². The van der Waals surface area contributed by atoms with E-state index in [9.17, 15) is 0 Å². The molecule has 0 amide bonds. The van der Waals surface area contributed by atoms with E-state index >= 15 is 0 Å². The molecular formula is C18H24N2O2S. The number of aryl methyl sites for hydroxylation is 2. The van der Waals surface area contributed by atoms with Gasteiger partial charge in [-0.05, 0) is 49.9 Å². The molecule has 0 unspecified atom stereocenters. The Hall–Kier alpha value is -1.59. The molecular weight excluding hydrogens is 308 g/mol. The topological polar surface area (TPSA) is 34.6 Å². The Balaban J connectivity index is 1.75. The number of ether oxygens (including phenoxy) is 2. The summed E-state index contributed by atoms with van der Waals surface area (Å²) in [6.45, 7) is 7.33. The molecule has 124 valence electrons. The number of hydrogen-bond acceptors (Lipinski definition) is 5. The summed E-state index contributed by atoms with van der Waals surface area (Å²) in [6.07, 6.45) is 2.10. The van der Waals surface area contributed by atoms with Gasteiger partial charge >= 0.3 is 0 Å². The van der Waals surface area contributed by atoms with Crippen LogP contribution in [0.15, 0.2) is 12.1 Å². The first-order chi connectivity index (χ1) is 11.1. The lowest BCUT2D eigenvalue weighted by Crippen LogP contribution is -2.25. The van der Waals surface area contributed by atoms with Crippen LogP contribution in [0.2, 0.25) is 0 Å². The van der Waals surface area contributed by atoms with Gasteiger partial charge in [0.05, 0.1) is 24.9 Å². The third-order valence-corrected chi connectivity index (χ3v) is 5.52. The smallest absolute Gasteiger partial charge is 0.161 e. The van der Waals surface area contributed by atoms with Crippen molar-refractivity contribution in [3.05, 3.63) is 38.8 Å². The molecule has 0 spiro atoms. The third-order valence-electron chi connectivity index (χ3n) is 4.47. The van der Waals surface area contributed by atoms with E-state index in [4.69, 9.17) is 9.47 Å². The van der Waals surface area contributed by atoms with Gasteiger partial charge in [0, 0.05) is 24.5 Å². The van der Waals surface area contributed by atoms with Crippen LogP contribution in [0, 0.1) is 13.8 Å². The summed E-state index contributed by atoms with van der Waals surface area (Å²) in [5, 5.41) is 1.16. The highest BCUT2D eigenvalue weighted by Crippen LogP contribution is 2.32. The quantitative estimate of drug-likeness (QED) is 0.860. The highest BCUT2D eigenvalue weighted by atomic mass is 32.1. The number of rotatable bonds is 4. The molecule has 3 rings (SSSR count). The molecule has 0 aliphatic carbocycles. The van der Waals surface area contributed by atoms with Gasteiger partial charge in [0.15, 0.2) is 11.5 Å². The van der Waals surface area contributed by atoms with Gasteiger partial charge in [0.25, 0.3) is 0 Å². The summed E-state index contributed by atoms with van der Waals surface area (Å²) in [4.78, 5) is 8.46. The summed E-state index contributed by atoms with van der Waals surface area (Å²) < 4.78 is 10.9. The fourth-order valence-corrected chi connectivity index (χ4v) is 4.16. The van der Waals surface area contributed by atoms with Crippen LogP contribution in [0.1, 0.15) is 26.7 Å². The fraction of sp³-hybridized carbons (Fsp3) is 0.500. The average Bonchev–Trinajstić information content (AvgIpc) is 2.74. The number of thiazole rings is 1. The molecule has 0 bridgehead atoms. The van der Waals surface area contributed by atoms with Gasteiger partial charge in [-0.1, -0.05) is 0 Å². The maximum absolute atomic E-state index is 5.44. The van der Waals surface area contributed by atoms with Gasteiger partial charge in [0.1, 0.15) is 0 Å². The SMILES string of the molecule is COc1cc2c(cc1OC)CCN(Cc1sc(C)nc1C)CC2. The van der Waals surface area contributed by atoms with Crippen LogP contribution in [0.25, 0.3) is 0 Å². The first-order valence-corrected chi connectivity index (χ1v) is 8.81. The van der Waals surface area contributed by atoms with Crippen molar-refractivity contribution in [1.29, 1.82) is 0 Å². The molecule has 0 fully saturated rings. The standard InChI is InChI=1S/C18H24N2O2S/c1-12-18(23-13(2)19-12)11-20-7-5-14-9-16(21-3)17(22-4)10-15(14)6-8-20/h9-10H,5-8,11H2,1-4H3. The van der Waals surface area contributed by atoms with Crippen molar-refractivity contribution >= 4 is 11.3 Å². The monoisotopic (exact) mass is 332 g/mol. The molecule has 0 radical (unpaired) electrons. The molecule has 1 aliphatic rings. The van der Waals surface area contributed by atoms with Crippen LogP contribution in [0.4, 0.5) is 0 Å². The van der Waals surface area contributed by atoms with Gasteiger partial charge in [-0.3, -0.25) is 4.90 Å². The average molecular weight is 332 g/mol. The maximum atomic E-state index is 5.44. The summed E-state index contributed by atoms with van der Waals surface area (Å²) in [6, 6.07) is 4.28. The first kappa shape index (κ1) is 16.3. The van der Waals surface area contributed by atoms with Crippen molar-refractivity contribution in [3.63, 3.8) is 0 Å². The zero-order chi connectivity index (χ0) is 16.4. The molecule has 2 heterocycles. The van der Waals surface area contributed by atoms with Crippen LogP contribution in [-0.4, -0.2) is 37.2 Å².